The van der Waals surface area contributed by atoms with Crippen molar-refractivity contribution in [2.45, 2.75) is 45.8 Å². The zero-order chi connectivity index (χ0) is 14.5. The molecular formula is C15H25ClN2O2. The number of nitrogens with two attached hydrogens (primary N) is 1. The predicted molar refractivity (Wildman–Crippen MR) is 84.7 cm³/mol. The Hall–Kier alpha value is -1.26. The van der Waals surface area contributed by atoms with Crippen LogP contribution in [-0.2, 0) is 0 Å². The number of amides is 1. The fourth-order valence-electron chi connectivity index (χ4n) is 1.43. The third kappa shape index (κ3) is 5.80. The summed E-state index contributed by atoms with van der Waals surface area (Å²) in [6, 6.07) is 7.16. The van der Waals surface area contributed by atoms with Gasteiger partial charge in [0.2, 0.25) is 0 Å². The van der Waals surface area contributed by atoms with Crippen LogP contribution < -0.4 is 15.8 Å². The van der Waals surface area contributed by atoms with E-state index in [2.05, 4.69) is 12.2 Å². The van der Waals surface area contributed by atoms with Crippen LogP contribution in [-0.4, -0.2) is 24.1 Å². The minimum atomic E-state index is -0.400. The van der Waals surface area contributed by atoms with E-state index >= 15 is 0 Å². The first-order valence-corrected chi connectivity index (χ1v) is 6.67. The number of benzene rings is 1. The van der Waals surface area contributed by atoms with Gasteiger partial charge in [0.05, 0.1) is 6.10 Å². The molecule has 0 aromatic heterocycles. The number of rotatable bonds is 6. The molecule has 0 radical (unpaired) electrons. The van der Waals surface area contributed by atoms with E-state index in [9.17, 15) is 4.79 Å². The van der Waals surface area contributed by atoms with Crippen LogP contribution in [0.25, 0.3) is 0 Å². The molecule has 1 rings (SSSR count). The average Bonchev–Trinajstić information content (AvgIpc) is 2.39. The van der Waals surface area contributed by atoms with Gasteiger partial charge in [0, 0.05) is 17.6 Å². The van der Waals surface area contributed by atoms with E-state index < -0.39 is 5.54 Å². The molecule has 0 fully saturated rings. The Kier molecular flexibility index (Phi) is 7.61. The lowest BCUT2D eigenvalue weighted by molar-refractivity contribution is 0.0915. The standard InChI is InChI=1S/C15H24N2O2.ClH/c1-5-11(2)19-13-8-6-12(7-9-13)14(18)17-15(3,4)10-16;/h6-9,11H,5,10,16H2,1-4H3,(H,17,18);1H. The van der Waals surface area contributed by atoms with Gasteiger partial charge in [0.15, 0.2) is 0 Å². The van der Waals surface area contributed by atoms with E-state index in [0.717, 1.165) is 12.2 Å². The van der Waals surface area contributed by atoms with Gasteiger partial charge in [0.25, 0.3) is 5.91 Å². The highest BCUT2D eigenvalue weighted by atomic mass is 35.5. The lowest BCUT2D eigenvalue weighted by Crippen LogP contribution is -2.48. The number of hydrogen-bond donors (Lipinski definition) is 2. The first-order valence-electron chi connectivity index (χ1n) is 6.67. The molecule has 4 nitrogen and oxygen atoms in total. The van der Waals surface area contributed by atoms with Crippen molar-refractivity contribution >= 4 is 18.3 Å². The zero-order valence-electron chi connectivity index (χ0n) is 12.6. The quantitative estimate of drug-likeness (QED) is 0.849. The van der Waals surface area contributed by atoms with Crippen LogP contribution in [0.3, 0.4) is 0 Å². The van der Waals surface area contributed by atoms with E-state index in [1.54, 1.807) is 12.1 Å². The molecule has 1 aromatic rings. The molecule has 1 amide bonds. The second kappa shape index (κ2) is 8.12. The number of hydrogen-bond acceptors (Lipinski definition) is 3. The van der Waals surface area contributed by atoms with Gasteiger partial charge in [0.1, 0.15) is 5.75 Å². The molecule has 114 valence electrons. The van der Waals surface area contributed by atoms with E-state index in [-0.39, 0.29) is 24.4 Å². The molecule has 3 N–H and O–H groups in total. The average molecular weight is 301 g/mol. The summed E-state index contributed by atoms with van der Waals surface area (Å²) >= 11 is 0. The van der Waals surface area contributed by atoms with Gasteiger partial charge in [-0.2, -0.15) is 0 Å². The molecule has 0 aliphatic rings. The highest BCUT2D eigenvalue weighted by Gasteiger charge is 2.19. The summed E-state index contributed by atoms with van der Waals surface area (Å²) in [5.74, 6) is 0.662. The lowest BCUT2D eigenvalue weighted by atomic mass is 10.1. The van der Waals surface area contributed by atoms with Gasteiger partial charge in [-0.3, -0.25) is 4.79 Å². The Balaban J connectivity index is 0.00000361. The minimum absolute atomic E-state index is 0. The number of carbonyl (C=O) groups is 1. The molecule has 5 heteroatoms. The molecule has 0 spiro atoms. The Morgan fingerprint density at radius 2 is 1.90 bits per heavy atom. The molecule has 1 unspecified atom stereocenters. The fourth-order valence-corrected chi connectivity index (χ4v) is 1.43. The van der Waals surface area contributed by atoms with Crippen LogP contribution in [0.2, 0.25) is 0 Å². The molecule has 0 bridgehead atoms. The number of nitrogens with one attached hydrogen (secondary N) is 1. The molecule has 0 saturated heterocycles. The van der Waals surface area contributed by atoms with Crippen molar-refractivity contribution in [3.05, 3.63) is 29.8 Å². The van der Waals surface area contributed by atoms with Gasteiger partial charge in [-0.05, 0) is 51.5 Å². The number of ether oxygens (including phenoxy) is 1. The van der Waals surface area contributed by atoms with E-state index in [1.807, 2.05) is 32.9 Å². The summed E-state index contributed by atoms with van der Waals surface area (Å²) in [4.78, 5) is 12.0. The molecule has 0 heterocycles. The topological polar surface area (TPSA) is 64.3 Å². The summed E-state index contributed by atoms with van der Waals surface area (Å²) < 4.78 is 5.67. The maximum atomic E-state index is 12.0. The summed E-state index contributed by atoms with van der Waals surface area (Å²) in [6.07, 6.45) is 1.13. The molecule has 0 saturated carbocycles. The summed E-state index contributed by atoms with van der Waals surface area (Å²) in [5, 5.41) is 2.89. The molecule has 20 heavy (non-hydrogen) atoms. The summed E-state index contributed by atoms with van der Waals surface area (Å²) in [5.41, 5.74) is 5.80. The second-order valence-corrected chi connectivity index (χ2v) is 5.40. The van der Waals surface area contributed by atoms with E-state index in [0.29, 0.717) is 12.1 Å². The third-order valence-corrected chi connectivity index (χ3v) is 2.99. The summed E-state index contributed by atoms with van der Waals surface area (Å²) in [6.45, 7) is 8.27. The van der Waals surface area contributed by atoms with Crippen molar-refractivity contribution in [3.8, 4) is 5.75 Å². The first kappa shape index (κ1) is 18.7. The highest BCUT2D eigenvalue weighted by Crippen LogP contribution is 2.15. The van der Waals surface area contributed by atoms with Gasteiger partial charge in [-0.15, -0.1) is 12.4 Å². The van der Waals surface area contributed by atoms with Crippen LogP contribution in [0.1, 0.15) is 44.5 Å². The monoisotopic (exact) mass is 300 g/mol. The molecule has 0 aliphatic carbocycles. The van der Waals surface area contributed by atoms with Crippen molar-refractivity contribution in [3.63, 3.8) is 0 Å². The Labute approximate surface area is 127 Å². The van der Waals surface area contributed by atoms with Crippen LogP contribution in [0, 0.1) is 0 Å². The Morgan fingerprint density at radius 1 is 1.35 bits per heavy atom. The van der Waals surface area contributed by atoms with Gasteiger partial charge in [-0.1, -0.05) is 6.92 Å². The fraction of sp³-hybridized carbons (Fsp3) is 0.533. The first-order chi connectivity index (χ1) is 8.88. The van der Waals surface area contributed by atoms with Crippen molar-refractivity contribution in [2.24, 2.45) is 5.73 Å². The van der Waals surface area contributed by atoms with Crippen LogP contribution >= 0.6 is 12.4 Å². The van der Waals surface area contributed by atoms with Crippen LogP contribution in [0.4, 0.5) is 0 Å². The van der Waals surface area contributed by atoms with Crippen molar-refractivity contribution in [2.75, 3.05) is 6.54 Å². The van der Waals surface area contributed by atoms with E-state index in [1.165, 1.54) is 0 Å². The molecule has 1 atom stereocenters. The Morgan fingerprint density at radius 3 is 2.35 bits per heavy atom. The third-order valence-electron chi connectivity index (χ3n) is 2.99. The van der Waals surface area contributed by atoms with Crippen molar-refractivity contribution in [1.29, 1.82) is 0 Å². The molecule has 0 aliphatic heterocycles. The maximum Gasteiger partial charge on any atom is 0.251 e. The zero-order valence-corrected chi connectivity index (χ0v) is 13.4. The Bertz CT molecular complexity index is 418. The predicted octanol–water partition coefficient (Wildman–Crippen LogP) is 2.75. The van der Waals surface area contributed by atoms with Crippen LogP contribution in [0.15, 0.2) is 24.3 Å². The maximum absolute atomic E-state index is 12.0. The number of carbonyl (C=O) groups excluding carboxylic acids is 1. The summed E-state index contributed by atoms with van der Waals surface area (Å²) in [7, 11) is 0. The largest absolute Gasteiger partial charge is 0.491 e. The van der Waals surface area contributed by atoms with Crippen LogP contribution in [0.5, 0.6) is 5.75 Å². The SMILES string of the molecule is CCC(C)Oc1ccc(C(=O)NC(C)(C)CN)cc1.Cl. The second-order valence-electron chi connectivity index (χ2n) is 5.40. The normalized spacial score (nSPS) is 12.2. The molecular weight excluding hydrogens is 276 g/mol. The van der Waals surface area contributed by atoms with Crippen molar-refractivity contribution < 1.29 is 9.53 Å². The molecule has 1 aromatic carbocycles. The highest BCUT2D eigenvalue weighted by molar-refractivity contribution is 5.94. The smallest absolute Gasteiger partial charge is 0.251 e. The van der Waals surface area contributed by atoms with Gasteiger partial charge < -0.3 is 15.8 Å². The number of halogens is 1. The van der Waals surface area contributed by atoms with E-state index in [4.69, 9.17) is 10.5 Å². The lowest BCUT2D eigenvalue weighted by Gasteiger charge is -2.24. The minimum Gasteiger partial charge on any atom is -0.491 e. The van der Waals surface area contributed by atoms with Gasteiger partial charge in [-0.25, -0.2) is 0 Å². The van der Waals surface area contributed by atoms with Gasteiger partial charge >= 0.3 is 0 Å². The van der Waals surface area contributed by atoms with Crippen molar-refractivity contribution in [1.82, 2.24) is 5.32 Å².